The van der Waals surface area contributed by atoms with Gasteiger partial charge in [-0.15, -0.1) is 0 Å². The van der Waals surface area contributed by atoms with Crippen molar-refractivity contribution in [1.82, 2.24) is 0 Å². The second kappa shape index (κ2) is 78.3. The van der Waals surface area contributed by atoms with Gasteiger partial charge in [-0.3, -0.25) is 37.3 Å². The monoisotopic (exact) mass is 1550 g/mol. The normalized spacial score (nSPS) is 13.8. The van der Waals surface area contributed by atoms with E-state index in [0.717, 1.165) is 102 Å². The molecule has 0 rings (SSSR count). The van der Waals surface area contributed by atoms with Crippen molar-refractivity contribution in [2.75, 3.05) is 39.6 Å². The van der Waals surface area contributed by atoms with Gasteiger partial charge >= 0.3 is 39.5 Å². The number of aliphatic hydroxyl groups excluding tert-OH is 1. The van der Waals surface area contributed by atoms with Crippen LogP contribution in [0.1, 0.15) is 465 Å². The fourth-order valence-electron chi connectivity index (χ4n) is 13.6. The largest absolute Gasteiger partial charge is 0.472 e. The van der Waals surface area contributed by atoms with Crippen molar-refractivity contribution < 1.29 is 80.2 Å². The molecule has 0 saturated heterocycles. The summed E-state index contributed by atoms with van der Waals surface area (Å²) in [6, 6.07) is 0. The summed E-state index contributed by atoms with van der Waals surface area (Å²) < 4.78 is 68.9. The maximum absolute atomic E-state index is 13.2. The Morgan fingerprint density at radius 3 is 0.642 bits per heavy atom. The van der Waals surface area contributed by atoms with Crippen molar-refractivity contribution in [2.24, 2.45) is 11.8 Å². The maximum atomic E-state index is 13.2. The van der Waals surface area contributed by atoms with Gasteiger partial charge in [0.15, 0.2) is 12.2 Å². The van der Waals surface area contributed by atoms with Gasteiger partial charge < -0.3 is 33.8 Å². The Bertz CT molecular complexity index is 2030. The molecule has 0 aromatic heterocycles. The van der Waals surface area contributed by atoms with Crippen LogP contribution in [0.25, 0.3) is 0 Å². The minimum Gasteiger partial charge on any atom is -0.462 e. The Balaban J connectivity index is 5.23. The number of carbonyl (C=O) groups is 4. The molecule has 3 N–H and O–H groups in total. The Morgan fingerprint density at radius 1 is 0.255 bits per heavy atom. The van der Waals surface area contributed by atoms with E-state index in [1.807, 2.05) is 0 Å². The first-order valence-electron chi connectivity index (χ1n) is 45.0. The van der Waals surface area contributed by atoms with Crippen LogP contribution in [0.2, 0.25) is 0 Å². The number of ether oxygens (including phenoxy) is 4. The van der Waals surface area contributed by atoms with Crippen LogP contribution >= 0.6 is 15.6 Å². The third kappa shape index (κ3) is 80.1. The highest BCUT2D eigenvalue weighted by Crippen LogP contribution is 2.45. The molecule has 0 aliphatic heterocycles. The number of hydrogen-bond acceptors (Lipinski definition) is 15. The molecule has 0 radical (unpaired) electrons. The summed E-state index contributed by atoms with van der Waals surface area (Å²) in [5.41, 5.74) is 0. The van der Waals surface area contributed by atoms with E-state index in [-0.39, 0.29) is 25.7 Å². The smallest absolute Gasteiger partial charge is 0.462 e. The molecule has 2 unspecified atom stereocenters. The first-order valence-corrected chi connectivity index (χ1v) is 48.0. The minimum atomic E-state index is -4.97. The molecule has 17 nitrogen and oxygen atoms in total. The van der Waals surface area contributed by atoms with Crippen molar-refractivity contribution in [3.63, 3.8) is 0 Å². The number of phosphoric acid groups is 2. The summed E-state index contributed by atoms with van der Waals surface area (Å²) in [4.78, 5) is 73.3. The number of esters is 4. The molecule has 0 aliphatic carbocycles. The van der Waals surface area contributed by atoms with Crippen LogP contribution in [0.4, 0.5) is 0 Å². The summed E-state index contributed by atoms with van der Waals surface area (Å²) >= 11 is 0. The van der Waals surface area contributed by atoms with Crippen LogP contribution in [-0.4, -0.2) is 96.7 Å². The molecule has 5 atom stereocenters. The summed E-state index contributed by atoms with van der Waals surface area (Å²) in [7, 11) is -9.93. The maximum Gasteiger partial charge on any atom is 0.472 e. The van der Waals surface area contributed by atoms with Crippen molar-refractivity contribution in [1.29, 1.82) is 0 Å². The van der Waals surface area contributed by atoms with Crippen LogP contribution in [0.5, 0.6) is 0 Å². The van der Waals surface area contributed by atoms with Gasteiger partial charge in [0.1, 0.15) is 19.3 Å². The van der Waals surface area contributed by atoms with Gasteiger partial charge in [-0.05, 0) is 37.5 Å². The second-order valence-corrected chi connectivity index (χ2v) is 35.1. The summed E-state index contributed by atoms with van der Waals surface area (Å²) in [5, 5.41) is 10.7. The van der Waals surface area contributed by atoms with Crippen molar-refractivity contribution >= 4 is 39.5 Å². The van der Waals surface area contributed by atoms with Gasteiger partial charge in [-0.2, -0.15) is 0 Å². The van der Waals surface area contributed by atoms with Crippen molar-refractivity contribution in [3.8, 4) is 0 Å². The van der Waals surface area contributed by atoms with E-state index in [1.54, 1.807) is 0 Å². The second-order valence-electron chi connectivity index (χ2n) is 32.2. The minimum absolute atomic E-state index is 0.107. The number of phosphoric ester groups is 2. The lowest BCUT2D eigenvalue weighted by molar-refractivity contribution is -0.161. The molecule has 630 valence electrons. The third-order valence-electron chi connectivity index (χ3n) is 20.5. The van der Waals surface area contributed by atoms with Crippen LogP contribution < -0.4 is 0 Å². The molecule has 0 amide bonds. The van der Waals surface area contributed by atoms with Gasteiger partial charge in [-0.25, -0.2) is 9.13 Å². The van der Waals surface area contributed by atoms with Crippen LogP contribution in [0.3, 0.4) is 0 Å². The van der Waals surface area contributed by atoms with Gasteiger partial charge in [-0.1, -0.05) is 414 Å². The van der Waals surface area contributed by atoms with Gasteiger partial charge in [0.25, 0.3) is 0 Å². The first kappa shape index (κ1) is 104. The molecular weight excluding hydrogens is 1380 g/mol. The molecule has 0 aliphatic rings. The molecule has 106 heavy (non-hydrogen) atoms. The average molecular weight is 1550 g/mol. The SMILES string of the molecule is CCCCCCCCCCCCCCCCCCCCCC(=O)OC[C@H](COP(=O)(O)OC[C@@H](O)COP(=O)(O)OC[C@@H](COC(=O)CCCCCCCCCCCCC)OC(=O)CCCCCCCCCCCCCCC(C)C)OC(=O)CCCCCCCCCCCCCCCCCCCCC(C)C. The van der Waals surface area contributed by atoms with Crippen molar-refractivity contribution in [3.05, 3.63) is 0 Å². The summed E-state index contributed by atoms with van der Waals surface area (Å²) in [6.07, 6.45) is 70.8. The number of aliphatic hydroxyl groups is 1. The van der Waals surface area contributed by atoms with Gasteiger partial charge in [0.05, 0.1) is 26.4 Å². The Labute approximate surface area is 651 Å². The Morgan fingerprint density at radius 2 is 0.434 bits per heavy atom. The zero-order valence-corrected chi connectivity index (χ0v) is 71.5. The first-order chi connectivity index (χ1) is 51.4. The number of carbonyl (C=O) groups excluding carboxylic acids is 4. The van der Waals surface area contributed by atoms with Crippen LogP contribution in [-0.2, 0) is 65.4 Å². The molecule has 0 aromatic rings. The Kier molecular flexibility index (Phi) is 76.9. The highest BCUT2D eigenvalue weighted by Gasteiger charge is 2.30. The molecule has 0 heterocycles. The van der Waals surface area contributed by atoms with E-state index in [2.05, 4.69) is 41.5 Å². The van der Waals surface area contributed by atoms with E-state index in [4.69, 9.17) is 37.0 Å². The zero-order valence-electron chi connectivity index (χ0n) is 69.7. The lowest BCUT2D eigenvalue weighted by Gasteiger charge is -2.21. The van der Waals surface area contributed by atoms with E-state index < -0.39 is 97.5 Å². The average Bonchev–Trinajstić information content (AvgIpc) is 0.894. The van der Waals surface area contributed by atoms with E-state index >= 15 is 0 Å². The predicted octanol–water partition coefficient (Wildman–Crippen LogP) is 26.6. The molecule has 0 bridgehead atoms. The zero-order chi connectivity index (χ0) is 77.8. The molecular formula is C87H170O17P2. The van der Waals surface area contributed by atoms with E-state index in [0.29, 0.717) is 25.7 Å². The number of hydrogen-bond donors (Lipinski definition) is 3. The van der Waals surface area contributed by atoms with Crippen LogP contribution in [0.15, 0.2) is 0 Å². The summed E-state index contributed by atoms with van der Waals surface area (Å²) in [6.45, 7) is 9.72. The molecule has 0 spiro atoms. The topological polar surface area (TPSA) is 237 Å². The molecule has 0 fully saturated rings. The third-order valence-corrected chi connectivity index (χ3v) is 22.4. The van der Waals surface area contributed by atoms with E-state index in [1.165, 1.54) is 283 Å². The van der Waals surface area contributed by atoms with Gasteiger partial charge in [0, 0.05) is 25.7 Å². The fraction of sp³-hybridized carbons (Fsp3) is 0.954. The number of unbranched alkanes of at least 4 members (excludes halogenated alkanes) is 56. The Hall–Kier alpha value is -1.94. The van der Waals surface area contributed by atoms with Crippen LogP contribution in [0, 0.1) is 11.8 Å². The standard InChI is InChI=1S/C87H170O17P2/c1-7-9-11-13-15-17-19-20-21-22-23-27-30-33-40-46-52-58-64-70-85(90)98-76-83(103-86(91)71-65-59-53-47-41-34-31-28-25-24-26-29-32-38-43-49-55-61-67-79(3)4)78-102-106(95,96)100-74-81(88)73-99-105(93,94)101-77-82(75-97-84(89)69-63-57-51-45-37-18-16-14-12-10-8-2)104-87(92)72-66-60-54-48-42-36-35-39-44-50-56-62-68-80(5)6/h79-83,88H,7-78H2,1-6H3,(H,93,94)(H,95,96)/t81-,82+,83+/m0/s1. The number of rotatable bonds is 86. The van der Waals surface area contributed by atoms with E-state index in [9.17, 15) is 43.2 Å². The van der Waals surface area contributed by atoms with Crippen molar-refractivity contribution in [2.45, 2.75) is 484 Å². The predicted molar refractivity (Wildman–Crippen MR) is 437 cm³/mol. The molecule has 0 aromatic carbocycles. The molecule has 19 heteroatoms. The highest BCUT2D eigenvalue weighted by molar-refractivity contribution is 7.47. The molecule has 0 saturated carbocycles. The highest BCUT2D eigenvalue weighted by atomic mass is 31.2. The lowest BCUT2D eigenvalue weighted by Crippen LogP contribution is -2.30. The summed E-state index contributed by atoms with van der Waals surface area (Å²) in [5.74, 6) is -0.503. The van der Waals surface area contributed by atoms with Gasteiger partial charge in [0.2, 0.25) is 0 Å². The fourth-order valence-corrected chi connectivity index (χ4v) is 15.2. The lowest BCUT2D eigenvalue weighted by atomic mass is 10.0. The quantitative estimate of drug-likeness (QED) is 0.0222.